The lowest BCUT2D eigenvalue weighted by atomic mass is 9.87. The first-order valence-electron chi connectivity index (χ1n) is 7.97. The van der Waals surface area contributed by atoms with Crippen LogP contribution in [-0.4, -0.2) is 46.5 Å². The Morgan fingerprint density at radius 2 is 2.17 bits per heavy atom. The Kier molecular flexibility index (Phi) is 4.29. The molecule has 2 aliphatic rings. The lowest BCUT2D eigenvalue weighted by Crippen LogP contribution is -2.44. The van der Waals surface area contributed by atoms with E-state index >= 15 is 0 Å². The van der Waals surface area contributed by atoms with Crippen LogP contribution in [0.5, 0.6) is 0 Å². The topological polar surface area (TPSA) is 67.7 Å². The highest BCUT2D eigenvalue weighted by Gasteiger charge is 2.44. The molecule has 23 heavy (non-hydrogen) atoms. The zero-order valence-electron chi connectivity index (χ0n) is 14.1. The lowest BCUT2D eigenvalue weighted by Gasteiger charge is -2.35. The molecule has 1 saturated heterocycles. The Morgan fingerprint density at radius 3 is 2.83 bits per heavy atom. The predicted molar refractivity (Wildman–Crippen MR) is 87.7 cm³/mol. The SMILES string of the molecule is C[C@H]1COCCN1c1nc(Cl)nc2c1COC2(C)CC(C)(C)O. The highest BCUT2D eigenvalue weighted by atomic mass is 35.5. The second-order valence-electron chi connectivity index (χ2n) is 7.27. The van der Waals surface area contributed by atoms with Gasteiger partial charge in [0, 0.05) is 18.5 Å². The summed E-state index contributed by atoms with van der Waals surface area (Å²) in [4.78, 5) is 11.1. The average molecular weight is 342 g/mol. The van der Waals surface area contributed by atoms with E-state index in [0.717, 1.165) is 23.6 Å². The Morgan fingerprint density at radius 1 is 1.43 bits per heavy atom. The summed E-state index contributed by atoms with van der Waals surface area (Å²) >= 11 is 6.20. The smallest absolute Gasteiger partial charge is 0.224 e. The van der Waals surface area contributed by atoms with Crippen LogP contribution in [0, 0.1) is 0 Å². The van der Waals surface area contributed by atoms with Gasteiger partial charge in [0.15, 0.2) is 0 Å². The molecule has 1 aromatic heterocycles. The number of nitrogens with zero attached hydrogens (tertiary/aromatic N) is 3. The van der Waals surface area contributed by atoms with Gasteiger partial charge in [0.2, 0.25) is 5.28 Å². The zero-order chi connectivity index (χ0) is 16.8. The van der Waals surface area contributed by atoms with E-state index in [-0.39, 0.29) is 11.3 Å². The maximum atomic E-state index is 10.2. The molecule has 128 valence electrons. The van der Waals surface area contributed by atoms with E-state index in [0.29, 0.717) is 26.2 Å². The minimum absolute atomic E-state index is 0.213. The van der Waals surface area contributed by atoms with Crippen LogP contribution in [0.4, 0.5) is 5.82 Å². The van der Waals surface area contributed by atoms with Crippen LogP contribution >= 0.6 is 11.6 Å². The Labute approximate surface area is 141 Å². The first-order chi connectivity index (χ1) is 10.7. The van der Waals surface area contributed by atoms with Crippen LogP contribution < -0.4 is 4.90 Å². The molecule has 1 fully saturated rings. The van der Waals surface area contributed by atoms with Crippen molar-refractivity contribution in [3.05, 3.63) is 16.5 Å². The van der Waals surface area contributed by atoms with Crippen LogP contribution in [0.2, 0.25) is 5.28 Å². The average Bonchev–Trinajstić information content (AvgIpc) is 2.74. The molecule has 7 heteroatoms. The van der Waals surface area contributed by atoms with E-state index in [4.69, 9.17) is 21.1 Å². The Hall–Kier alpha value is -0.950. The van der Waals surface area contributed by atoms with Crippen molar-refractivity contribution in [2.24, 2.45) is 0 Å². The number of ether oxygens (including phenoxy) is 2. The predicted octanol–water partition coefficient (Wildman–Crippen LogP) is 2.26. The van der Waals surface area contributed by atoms with E-state index < -0.39 is 11.2 Å². The van der Waals surface area contributed by atoms with E-state index in [9.17, 15) is 5.11 Å². The minimum Gasteiger partial charge on any atom is -0.390 e. The first kappa shape index (κ1) is 16.9. The second-order valence-corrected chi connectivity index (χ2v) is 7.61. The molecule has 3 rings (SSSR count). The van der Waals surface area contributed by atoms with Crippen LogP contribution in [0.15, 0.2) is 0 Å². The third kappa shape index (κ3) is 3.31. The molecule has 0 aliphatic carbocycles. The quantitative estimate of drug-likeness (QED) is 0.851. The summed E-state index contributed by atoms with van der Waals surface area (Å²) in [7, 11) is 0. The minimum atomic E-state index is -0.861. The molecule has 1 aromatic rings. The van der Waals surface area contributed by atoms with Gasteiger partial charge in [-0.3, -0.25) is 0 Å². The molecule has 2 aliphatic heterocycles. The summed E-state index contributed by atoms with van der Waals surface area (Å²) in [5.41, 5.74) is 0.230. The number of halogens is 1. The van der Waals surface area contributed by atoms with E-state index in [2.05, 4.69) is 21.8 Å². The van der Waals surface area contributed by atoms with Crippen LogP contribution in [0.25, 0.3) is 0 Å². The lowest BCUT2D eigenvalue weighted by molar-refractivity contribution is -0.0812. The molecule has 0 bridgehead atoms. The molecule has 1 N–H and O–H groups in total. The summed E-state index contributed by atoms with van der Waals surface area (Å²) in [5, 5.41) is 10.4. The number of anilines is 1. The van der Waals surface area contributed by atoms with Crippen molar-refractivity contribution in [2.45, 2.75) is 58.0 Å². The fourth-order valence-corrected chi connectivity index (χ4v) is 3.72. The van der Waals surface area contributed by atoms with Crippen LogP contribution in [-0.2, 0) is 21.7 Å². The van der Waals surface area contributed by atoms with Gasteiger partial charge in [-0.1, -0.05) is 0 Å². The molecular weight excluding hydrogens is 318 g/mol. The fourth-order valence-electron chi connectivity index (χ4n) is 3.56. The number of rotatable bonds is 3. The molecule has 1 unspecified atom stereocenters. The maximum Gasteiger partial charge on any atom is 0.224 e. The highest BCUT2D eigenvalue weighted by Crippen LogP contribution is 2.44. The molecule has 2 atom stereocenters. The van der Waals surface area contributed by atoms with E-state index in [1.807, 2.05) is 6.92 Å². The fraction of sp³-hybridized carbons (Fsp3) is 0.750. The maximum absolute atomic E-state index is 10.2. The van der Waals surface area contributed by atoms with Gasteiger partial charge >= 0.3 is 0 Å². The molecule has 0 amide bonds. The van der Waals surface area contributed by atoms with Crippen molar-refractivity contribution in [2.75, 3.05) is 24.7 Å². The first-order valence-corrected chi connectivity index (χ1v) is 8.35. The molecule has 0 spiro atoms. The van der Waals surface area contributed by atoms with Crippen LogP contribution in [0.1, 0.15) is 45.4 Å². The van der Waals surface area contributed by atoms with Gasteiger partial charge in [-0.15, -0.1) is 0 Å². The van der Waals surface area contributed by atoms with Crippen LogP contribution in [0.3, 0.4) is 0 Å². The highest BCUT2D eigenvalue weighted by molar-refractivity contribution is 6.28. The summed E-state index contributed by atoms with van der Waals surface area (Å²) in [6.45, 7) is 10.1. The third-order valence-corrected chi connectivity index (χ3v) is 4.57. The summed E-state index contributed by atoms with van der Waals surface area (Å²) < 4.78 is 11.5. The summed E-state index contributed by atoms with van der Waals surface area (Å²) in [6, 6.07) is 0.222. The van der Waals surface area contributed by atoms with Gasteiger partial charge in [0.25, 0.3) is 0 Å². The molecule has 0 radical (unpaired) electrons. The van der Waals surface area contributed by atoms with Gasteiger partial charge in [-0.05, 0) is 39.3 Å². The van der Waals surface area contributed by atoms with Crippen molar-refractivity contribution < 1.29 is 14.6 Å². The van der Waals surface area contributed by atoms with Gasteiger partial charge in [-0.2, -0.15) is 0 Å². The Balaban J connectivity index is 2.02. The monoisotopic (exact) mass is 341 g/mol. The molecule has 6 nitrogen and oxygen atoms in total. The van der Waals surface area contributed by atoms with Crippen molar-refractivity contribution in [1.29, 1.82) is 0 Å². The molecule has 3 heterocycles. The van der Waals surface area contributed by atoms with Crippen molar-refractivity contribution >= 4 is 17.4 Å². The molecule has 0 aromatic carbocycles. The zero-order valence-corrected chi connectivity index (χ0v) is 14.9. The standard InChI is InChI=1S/C16H24ClN3O3/c1-10-7-22-6-5-20(10)13-11-8-23-16(4,9-15(2,3)21)12(11)18-14(17)19-13/h10,21H,5-9H2,1-4H3/t10-,16?/m0/s1. The number of morpholine rings is 1. The Bertz CT molecular complexity index is 605. The van der Waals surface area contributed by atoms with Crippen molar-refractivity contribution in [1.82, 2.24) is 9.97 Å². The number of hydrogen-bond acceptors (Lipinski definition) is 6. The number of hydrogen-bond donors (Lipinski definition) is 1. The summed E-state index contributed by atoms with van der Waals surface area (Å²) in [6.07, 6.45) is 0.443. The van der Waals surface area contributed by atoms with Crippen molar-refractivity contribution in [3.63, 3.8) is 0 Å². The number of aliphatic hydroxyl groups is 1. The van der Waals surface area contributed by atoms with E-state index in [1.54, 1.807) is 13.8 Å². The van der Waals surface area contributed by atoms with Gasteiger partial charge in [-0.25, -0.2) is 9.97 Å². The number of aromatic nitrogens is 2. The normalized spacial score (nSPS) is 28.1. The third-order valence-electron chi connectivity index (χ3n) is 4.40. The van der Waals surface area contributed by atoms with E-state index in [1.165, 1.54) is 0 Å². The van der Waals surface area contributed by atoms with Crippen molar-refractivity contribution in [3.8, 4) is 0 Å². The van der Waals surface area contributed by atoms with Gasteiger partial charge < -0.3 is 19.5 Å². The second kappa shape index (κ2) is 5.84. The van der Waals surface area contributed by atoms with Gasteiger partial charge in [0.1, 0.15) is 11.4 Å². The summed E-state index contributed by atoms with van der Waals surface area (Å²) in [5.74, 6) is 0.829. The number of fused-ring (bicyclic) bond motifs is 1. The molecular formula is C16H24ClN3O3. The molecule has 0 saturated carbocycles. The largest absolute Gasteiger partial charge is 0.390 e. The van der Waals surface area contributed by atoms with Gasteiger partial charge in [0.05, 0.1) is 37.2 Å².